The Labute approximate surface area is 165 Å². The van der Waals surface area contributed by atoms with Crippen LogP contribution in [-0.2, 0) is 4.79 Å². The predicted octanol–water partition coefficient (Wildman–Crippen LogP) is 3.62. The first-order chi connectivity index (χ1) is 12.9. The van der Waals surface area contributed by atoms with Gasteiger partial charge < -0.3 is 10.6 Å². The molecule has 7 heteroatoms. The second kappa shape index (κ2) is 8.18. The van der Waals surface area contributed by atoms with E-state index < -0.39 is 5.91 Å². The van der Waals surface area contributed by atoms with E-state index in [1.54, 1.807) is 10.7 Å². The minimum absolute atomic E-state index is 0.133. The van der Waals surface area contributed by atoms with Crippen molar-refractivity contribution in [1.29, 1.82) is 0 Å². The van der Waals surface area contributed by atoms with Crippen LogP contribution in [0.15, 0.2) is 59.1 Å². The van der Waals surface area contributed by atoms with Crippen LogP contribution in [0.5, 0.6) is 0 Å². The number of nitrogens with zero attached hydrogens (tertiary/aromatic N) is 2. The van der Waals surface area contributed by atoms with Gasteiger partial charge in [-0.1, -0.05) is 34.1 Å². The lowest BCUT2D eigenvalue weighted by Crippen LogP contribution is -2.33. The zero-order valence-corrected chi connectivity index (χ0v) is 16.6. The van der Waals surface area contributed by atoms with Crippen molar-refractivity contribution in [2.24, 2.45) is 0 Å². The van der Waals surface area contributed by atoms with E-state index in [1.165, 1.54) is 0 Å². The van der Waals surface area contributed by atoms with Crippen LogP contribution in [0.25, 0.3) is 5.69 Å². The lowest BCUT2D eigenvalue weighted by Gasteiger charge is -2.09. The molecule has 138 valence electrons. The number of benzene rings is 2. The van der Waals surface area contributed by atoms with E-state index in [0.717, 1.165) is 21.4 Å². The minimum Gasteiger partial charge on any atom is -0.342 e. The number of halogens is 1. The lowest BCUT2D eigenvalue weighted by molar-refractivity contribution is -0.115. The molecule has 3 rings (SSSR count). The molecule has 0 atom stereocenters. The van der Waals surface area contributed by atoms with Gasteiger partial charge in [-0.15, -0.1) is 0 Å². The average molecular weight is 427 g/mol. The number of rotatable bonds is 5. The Kier molecular flexibility index (Phi) is 5.71. The topological polar surface area (TPSA) is 76.0 Å². The summed E-state index contributed by atoms with van der Waals surface area (Å²) in [6.45, 7) is 3.64. The van der Waals surface area contributed by atoms with Gasteiger partial charge in [-0.2, -0.15) is 5.10 Å². The fourth-order valence-electron chi connectivity index (χ4n) is 2.63. The van der Waals surface area contributed by atoms with E-state index in [1.807, 2.05) is 62.4 Å². The Morgan fingerprint density at radius 2 is 1.81 bits per heavy atom. The molecule has 3 aromatic rings. The number of aromatic nitrogens is 2. The molecule has 27 heavy (non-hydrogen) atoms. The first kappa shape index (κ1) is 18.8. The molecule has 2 N–H and O–H groups in total. The average Bonchev–Trinajstić information content (AvgIpc) is 3.04. The monoisotopic (exact) mass is 426 g/mol. The Morgan fingerprint density at radius 1 is 1.07 bits per heavy atom. The molecule has 0 saturated carbocycles. The van der Waals surface area contributed by atoms with Gasteiger partial charge in [0.15, 0.2) is 5.69 Å². The molecule has 0 radical (unpaired) electrons. The number of carbonyl (C=O) groups excluding carboxylic acids is 2. The Hall–Kier alpha value is -2.93. The van der Waals surface area contributed by atoms with E-state index in [4.69, 9.17) is 0 Å². The Morgan fingerprint density at radius 3 is 2.52 bits per heavy atom. The number of nitrogens with one attached hydrogen (secondary N) is 2. The highest BCUT2D eigenvalue weighted by Crippen LogP contribution is 2.19. The van der Waals surface area contributed by atoms with Crippen molar-refractivity contribution in [3.63, 3.8) is 0 Å². The number of amides is 2. The lowest BCUT2D eigenvalue weighted by atomic mass is 10.2. The molecule has 0 aliphatic heterocycles. The second-order valence-electron chi connectivity index (χ2n) is 6.11. The Bertz CT molecular complexity index is 983. The molecule has 6 nitrogen and oxygen atoms in total. The molecule has 1 aromatic heterocycles. The van der Waals surface area contributed by atoms with Crippen LogP contribution in [-0.4, -0.2) is 28.1 Å². The normalized spacial score (nSPS) is 10.5. The van der Waals surface area contributed by atoms with Gasteiger partial charge in [0.05, 0.1) is 12.2 Å². The number of hydrogen-bond donors (Lipinski definition) is 2. The number of para-hydroxylation sites is 1. The third kappa shape index (κ3) is 4.62. The van der Waals surface area contributed by atoms with Crippen molar-refractivity contribution < 1.29 is 9.59 Å². The van der Waals surface area contributed by atoms with Crippen molar-refractivity contribution in [2.75, 3.05) is 11.9 Å². The maximum absolute atomic E-state index is 12.3. The van der Waals surface area contributed by atoms with Gasteiger partial charge >= 0.3 is 0 Å². The van der Waals surface area contributed by atoms with Crippen molar-refractivity contribution in [2.45, 2.75) is 13.8 Å². The largest absolute Gasteiger partial charge is 0.342 e. The van der Waals surface area contributed by atoms with Crippen molar-refractivity contribution in [3.05, 3.63) is 76.0 Å². The zero-order valence-electron chi connectivity index (χ0n) is 15.0. The molecule has 1 heterocycles. The van der Waals surface area contributed by atoms with Gasteiger partial charge in [-0.05, 0) is 55.8 Å². The summed E-state index contributed by atoms with van der Waals surface area (Å²) in [5, 5.41) is 9.73. The summed E-state index contributed by atoms with van der Waals surface area (Å²) >= 11 is 3.38. The molecule has 0 aliphatic rings. The van der Waals surface area contributed by atoms with Crippen LogP contribution < -0.4 is 10.6 Å². The van der Waals surface area contributed by atoms with Gasteiger partial charge in [0.2, 0.25) is 5.91 Å². The molecule has 0 saturated heterocycles. The summed E-state index contributed by atoms with van der Waals surface area (Å²) in [6.07, 6.45) is 0. The molecule has 0 unspecified atom stereocenters. The summed E-state index contributed by atoms with van der Waals surface area (Å²) in [4.78, 5) is 24.5. The van der Waals surface area contributed by atoms with E-state index in [2.05, 4.69) is 31.7 Å². The van der Waals surface area contributed by atoms with Gasteiger partial charge in [0.25, 0.3) is 5.91 Å². The molecule has 0 fully saturated rings. The van der Waals surface area contributed by atoms with Crippen molar-refractivity contribution in [1.82, 2.24) is 15.1 Å². The zero-order chi connectivity index (χ0) is 19.4. The van der Waals surface area contributed by atoms with Gasteiger partial charge in [0.1, 0.15) is 0 Å². The van der Waals surface area contributed by atoms with Gasteiger partial charge in [-0.3, -0.25) is 9.59 Å². The predicted molar refractivity (Wildman–Crippen MR) is 108 cm³/mol. The third-order valence-electron chi connectivity index (χ3n) is 3.99. The van der Waals surface area contributed by atoms with Crippen LogP contribution >= 0.6 is 15.9 Å². The highest BCUT2D eigenvalue weighted by molar-refractivity contribution is 9.10. The third-order valence-corrected chi connectivity index (χ3v) is 4.49. The smallest absolute Gasteiger partial charge is 0.272 e. The number of aryl methyl sites for hydroxylation is 2. The summed E-state index contributed by atoms with van der Waals surface area (Å²) in [7, 11) is 0. The molecule has 0 aliphatic carbocycles. The molecular formula is C20H19BrN4O2. The summed E-state index contributed by atoms with van der Waals surface area (Å²) in [5.41, 5.74) is 3.62. The van der Waals surface area contributed by atoms with E-state index in [0.29, 0.717) is 5.69 Å². The summed E-state index contributed by atoms with van der Waals surface area (Å²) < 4.78 is 2.64. The summed E-state index contributed by atoms with van der Waals surface area (Å²) in [6, 6.07) is 16.8. The standard InChI is InChI=1S/C20H19BrN4O2/c1-13-10-15(21)8-9-17(13)23-19(26)12-22-20(27)18-11-14(2)25(24-18)16-6-4-3-5-7-16/h3-11H,12H2,1-2H3,(H,22,27)(H,23,26). The van der Waals surface area contributed by atoms with Crippen LogP contribution in [0.1, 0.15) is 21.7 Å². The molecule has 0 bridgehead atoms. The van der Waals surface area contributed by atoms with Gasteiger partial charge in [-0.25, -0.2) is 4.68 Å². The second-order valence-corrected chi connectivity index (χ2v) is 7.02. The number of hydrogen-bond acceptors (Lipinski definition) is 3. The summed E-state index contributed by atoms with van der Waals surface area (Å²) in [5.74, 6) is -0.691. The van der Waals surface area contributed by atoms with Crippen molar-refractivity contribution >= 4 is 33.4 Å². The van der Waals surface area contributed by atoms with Crippen LogP contribution in [0.2, 0.25) is 0 Å². The Balaban J connectivity index is 1.62. The van der Waals surface area contributed by atoms with Crippen LogP contribution in [0.4, 0.5) is 5.69 Å². The number of anilines is 1. The van der Waals surface area contributed by atoms with E-state index in [-0.39, 0.29) is 18.1 Å². The number of carbonyl (C=O) groups is 2. The highest BCUT2D eigenvalue weighted by Gasteiger charge is 2.14. The highest BCUT2D eigenvalue weighted by atomic mass is 79.9. The van der Waals surface area contributed by atoms with E-state index in [9.17, 15) is 9.59 Å². The molecular weight excluding hydrogens is 408 g/mol. The maximum atomic E-state index is 12.3. The van der Waals surface area contributed by atoms with E-state index >= 15 is 0 Å². The fourth-order valence-corrected chi connectivity index (χ4v) is 3.10. The van der Waals surface area contributed by atoms with Gasteiger partial charge in [0, 0.05) is 15.9 Å². The van der Waals surface area contributed by atoms with Crippen LogP contribution in [0, 0.1) is 13.8 Å². The molecule has 2 amide bonds. The maximum Gasteiger partial charge on any atom is 0.272 e. The van der Waals surface area contributed by atoms with Crippen LogP contribution in [0.3, 0.4) is 0 Å². The first-order valence-electron chi connectivity index (χ1n) is 8.40. The quantitative estimate of drug-likeness (QED) is 0.653. The van der Waals surface area contributed by atoms with Crippen molar-refractivity contribution in [3.8, 4) is 5.69 Å². The SMILES string of the molecule is Cc1cc(Br)ccc1NC(=O)CNC(=O)c1cc(C)n(-c2ccccc2)n1. The fraction of sp³-hybridized carbons (Fsp3) is 0.150. The minimum atomic E-state index is -0.393. The first-order valence-corrected chi connectivity index (χ1v) is 9.19. The molecule has 2 aromatic carbocycles. The molecule has 0 spiro atoms.